The largest absolute Gasteiger partial charge is 0.350 e. The van der Waals surface area contributed by atoms with Crippen LogP contribution in [0.3, 0.4) is 0 Å². The third-order valence-electron chi connectivity index (χ3n) is 8.33. The van der Waals surface area contributed by atoms with E-state index in [4.69, 9.17) is 11.5 Å². The minimum Gasteiger partial charge on any atom is -0.350 e. The molecule has 3 saturated carbocycles. The van der Waals surface area contributed by atoms with E-state index in [1.807, 2.05) is 0 Å². The quantitative estimate of drug-likeness (QED) is 0.530. The molecule has 4 rings (SSSR count). The lowest BCUT2D eigenvalue weighted by Gasteiger charge is -2.57. The maximum absolute atomic E-state index is 11.1. The number of rotatable bonds is 2. The van der Waals surface area contributed by atoms with Gasteiger partial charge in [0.25, 0.3) is 0 Å². The van der Waals surface area contributed by atoms with Crippen molar-refractivity contribution in [3.8, 4) is 0 Å². The summed E-state index contributed by atoms with van der Waals surface area (Å²) in [5, 5.41) is 8.55. The van der Waals surface area contributed by atoms with Gasteiger partial charge < -0.3 is 11.5 Å². The molecule has 5 atom stereocenters. The summed E-state index contributed by atoms with van der Waals surface area (Å²) in [6.07, 6.45) is 10.7. The van der Waals surface area contributed by atoms with Crippen LogP contribution in [-0.2, 0) is 0 Å². The van der Waals surface area contributed by atoms with Crippen LogP contribution in [0, 0.1) is 28.6 Å². The van der Waals surface area contributed by atoms with Crippen molar-refractivity contribution in [3.63, 3.8) is 0 Å². The van der Waals surface area contributed by atoms with E-state index in [-0.39, 0.29) is 10.8 Å². The van der Waals surface area contributed by atoms with Crippen molar-refractivity contribution >= 4 is 23.5 Å². The number of carbonyl (C=O) groups is 2. The molecule has 0 bridgehead atoms. The van der Waals surface area contributed by atoms with Crippen LogP contribution >= 0.6 is 0 Å². The summed E-state index contributed by atoms with van der Waals surface area (Å²) >= 11 is 0. The third kappa shape index (κ3) is 3.32. The van der Waals surface area contributed by atoms with E-state index in [0.29, 0.717) is 17.8 Å². The highest BCUT2D eigenvalue weighted by Gasteiger charge is 2.58. The number of nitrogens with zero attached hydrogens (tertiary/aromatic N) is 2. The average Bonchev–Trinajstić information content (AvgIpc) is 3.01. The van der Waals surface area contributed by atoms with Gasteiger partial charge >= 0.3 is 12.1 Å². The standard InChI is InChI=1S/C21H32N6O2/c1-20-9-7-13(24-26-18(22)28)11-12(20)3-4-14-15-5-6-17(25-27-19(23)29)21(15,2)10-8-16(14)20/h11,14-16H,3-10H2,1-2H3,(H3,22,26,28)(H3,23,27,29)/b24-13-,25-17?/t14?,15?,16?,20-,21-/m0/s1. The average molecular weight is 401 g/mol. The molecule has 3 unspecified atom stereocenters. The van der Waals surface area contributed by atoms with Crippen LogP contribution in [0.5, 0.6) is 0 Å². The van der Waals surface area contributed by atoms with Crippen LogP contribution in [-0.4, -0.2) is 23.5 Å². The summed E-state index contributed by atoms with van der Waals surface area (Å²) in [4.78, 5) is 22.1. The topological polar surface area (TPSA) is 135 Å². The van der Waals surface area contributed by atoms with Gasteiger partial charge in [0.05, 0.1) is 5.71 Å². The summed E-state index contributed by atoms with van der Waals surface area (Å²) in [6.45, 7) is 4.76. The Morgan fingerprint density at radius 3 is 2.34 bits per heavy atom. The molecule has 0 aliphatic heterocycles. The van der Waals surface area contributed by atoms with Crippen molar-refractivity contribution in [2.24, 2.45) is 50.3 Å². The molecule has 29 heavy (non-hydrogen) atoms. The molecule has 8 heteroatoms. The van der Waals surface area contributed by atoms with Gasteiger partial charge in [-0.2, -0.15) is 10.2 Å². The van der Waals surface area contributed by atoms with Gasteiger partial charge in [-0.15, -0.1) is 0 Å². The van der Waals surface area contributed by atoms with Crippen LogP contribution in [0.4, 0.5) is 9.59 Å². The van der Waals surface area contributed by atoms with Gasteiger partial charge in [0.1, 0.15) is 0 Å². The lowest BCUT2D eigenvalue weighted by atomic mass is 9.47. The van der Waals surface area contributed by atoms with E-state index in [9.17, 15) is 9.59 Å². The minimum atomic E-state index is -0.621. The molecule has 0 saturated heterocycles. The number of hydrogen-bond donors (Lipinski definition) is 4. The van der Waals surface area contributed by atoms with Gasteiger partial charge in [0, 0.05) is 11.1 Å². The molecule has 0 aromatic carbocycles. The Labute approximate surface area is 171 Å². The molecule has 0 aromatic rings. The van der Waals surface area contributed by atoms with Crippen LogP contribution < -0.4 is 22.3 Å². The zero-order chi connectivity index (χ0) is 20.8. The van der Waals surface area contributed by atoms with E-state index < -0.39 is 12.1 Å². The van der Waals surface area contributed by atoms with Crippen LogP contribution in [0.2, 0.25) is 0 Å². The van der Waals surface area contributed by atoms with Crippen molar-refractivity contribution in [2.45, 2.75) is 65.2 Å². The second-order valence-corrected chi connectivity index (χ2v) is 9.61. The summed E-state index contributed by atoms with van der Waals surface area (Å²) in [6, 6.07) is -1.22. The van der Waals surface area contributed by atoms with E-state index in [1.165, 1.54) is 18.4 Å². The fourth-order valence-corrected chi connectivity index (χ4v) is 6.88. The summed E-state index contributed by atoms with van der Waals surface area (Å²) in [7, 11) is 0. The van der Waals surface area contributed by atoms with Gasteiger partial charge in [0.15, 0.2) is 0 Å². The molecular weight excluding hydrogens is 368 g/mol. The molecule has 0 spiro atoms. The number of primary amides is 2. The fourth-order valence-electron chi connectivity index (χ4n) is 6.88. The maximum Gasteiger partial charge on any atom is 0.332 e. The number of nitrogens with two attached hydrogens (primary N) is 2. The number of hydrogen-bond acceptors (Lipinski definition) is 4. The van der Waals surface area contributed by atoms with Crippen molar-refractivity contribution in [3.05, 3.63) is 11.6 Å². The Hall–Kier alpha value is -2.38. The van der Waals surface area contributed by atoms with E-state index in [2.05, 4.69) is 41.0 Å². The molecule has 0 radical (unpaired) electrons. The first kappa shape index (κ1) is 19.9. The molecule has 6 N–H and O–H groups in total. The summed E-state index contributed by atoms with van der Waals surface area (Å²) < 4.78 is 0. The fraction of sp³-hybridized carbons (Fsp3) is 0.714. The van der Waals surface area contributed by atoms with Gasteiger partial charge in [-0.05, 0) is 80.6 Å². The number of allylic oxidation sites excluding steroid dienone is 2. The Morgan fingerprint density at radius 2 is 1.62 bits per heavy atom. The molecule has 158 valence electrons. The van der Waals surface area contributed by atoms with E-state index >= 15 is 0 Å². The van der Waals surface area contributed by atoms with E-state index in [0.717, 1.165) is 49.9 Å². The van der Waals surface area contributed by atoms with Gasteiger partial charge in [0.2, 0.25) is 0 Å². The molecule has 0 heterocycles. The molecule has 4 aliphatic carbocycles. The Kier molecular flexibility index (Phi) is 4.91. The third-order valence-corrected chi connectivity index (χ3v) is 8.33. The minimum absolute atomic E-state index is 0.0634. The Balaban J connectivity index is 1.57. The first-order valence-electron chi connectivity index (χ1n) is 10.7. The number of carbonyl (C=O) groups excluding carboxylic acids is 2. The molecule has 0 aromatic heterocycles. The van der Waals surface area contributed by atoms with Gasteiger partial charge in [-0.25, -0.2) is 20.4 Å². The molecule has 8 nitrogen and oxygen atoms in total. The predicted molar refractivity (Wildman–Crippen MR) is 112 cm³/mol. The number of fused-ring (bicyclic) bond motifs is 5. The number of amides is 4. The molecule has 4 aliphatic rings. The second-order valence-electron chi connectivity index (χ2n) is 9.61. The molecular formula is C21H32N6O2. The van der Waals surface area contributed by atoms with Gasteiger partial charge in [-0.3, -0.25) is 0 Å². The summed E-state index contributed by atoms with van der Waals surface area (Å²) in [5.74, 6) is 1.95. The first-order valence-corrected chi connectivity index (χ1v) is 10.7. The van der Waals surface area contributed by atoms with Crippen LogP contribution in [0.15, 0.2) is 21.9 Å². The van der Waals surface area contributed by atoms with Crippen molar-refractivity contribution in [2.75, 3.05) is 0 Å². The van der Waals surface area contributed by atoms with Crippen molar-refractivity contribution in [1.82, 2.24) is 10.9 Å². The SMILES string of the molecule is C[C@]12CC/C(=N/NC(N)=O)C=C1CCC1C2CC[C@]2(C)C(=NNC(N)=O)CCC12. The molecule has 4 amide bonds. The number of nitrogens with one attached hydrogen (secondary N) is 2. The number of hydrazone groups is 2. The van der Waals surface area contributed by atoms with Crippen LogP contribution in [0.25, 0.3) is 0 Å². The first-order chi connectivity index (χ1) is 13.7. The predicted octanol–water partition coefficient (Wildman–Crippen LogP) is 3.00. The highest BCUT2D eigenvalue weighted by molar-refractivity contribution is 5.97. The van der Waals surface area contributed by atoms with Crippen molar-refractivity contribution < 1.29 is 9.59 Å². The van der Waals surface area contributed by atoms with E-state index in [1.54, 1.807) is 0 Å². The zero-order valence-electron chi connectivity index (χ0n) is 17.3. The van der Waals surface area contributed by atoms with Gasteiger partial charge in [-0.1, -0.05) is 19.4 Å². The smallest absolute Gasteiger partial charge is 0.332 e. The highest BCUT2D eigenvalue weighted by Crippen LogP contribution is 2.64. The van der Waals surface area contributed by atoms with Crippen molar-refractivity contribution in [1.29, 1.82) is 0 Å². The Morgan fingerprint density at radius 1 is 0.931 bits per heavy atom. The summed E-state index contributed by atoms with van der Waals surface area (Å²) in [5.41, 5.74) is 19.0. The van der Waals surface area contributed by atoms with Crippen LogP contribution in [0.1, 0.15) is 65.2 Å². The Bertz CT molecular complexity index is 818. The highest BCUT2D eigenvalue weighted by atomic mass is 16.2. The molecule has 3 fully saturated rings. The lowest BCUT2D eigenvalue weighted by molar-refractivity contribution is -0.0155. The second kappa shape index (κ2) is 7.15. The zero-order valence-corrected chi connectivity index (χ0v) is 17.3. The normalized spacial score (nSPS) is 41.2. The maximum atomic E-state index is 11.1. The monoisotopic (exact) mass is 400 g/mol. The number of urea groups is 2. The lowest BCUT2D eigenvalue weighted by Crippen LogP contribution is -2.50.